The van der Waals surface area contributed by atoms with E-state index in [1.165, 1.54) is 0 Å². The van der Waals surface area contributed by atoms with Crippen LogP contribution >= 0.6 is 0 Å². The van der Waals surface area contributed by atoms with Crippen LogP contribution in [0.2, 0.25) is 0 Å². The van der Waals surface area contributed by atoms with E-state index < -0.39 is 11.0 Å². The van der Waals surface area contributed by atoms with Gasteiger partial charge < -0.3 is 5.32 Å². The van der Waals surface area contributed by atoms with E-state index in [0.717, 1.165) is 0 Å². The van der Waals surface area contributed by atoms with Gasteiger partial charge in [-0.3, -0.25) is 4.79 Å². The van der Waals surface area contributed by atoms with Gasteiger partial charge in [0.15, 0.2) is 0 Å². The predicted molar refractivity (Wildman–Crippen MR) is 55.7 cm³/mol. The maximum Gasteiger partial charge on any atom is 0.225 e. The highest BCUT2D eigenvalue weighted by Gasteiger charge is 2.33. The largest absolute Gasteiger partial charge is 0.359 e. The number of hydrogen-bond donors (Lipinski definition) is 1. The summed E-state index contributed by atoms with van der Waals surface area (Å²) in [6.45, 7) is 7.30. The highest BCUT2D eigenvalue weighted by atomic mass is 16.2. The van der Waals surface area contributed by atoms with Gasteiger partial charge in [-0.05, 0) is 12.0 Å². The van der Waals surface area contributed by atoms with Crippen LogP contribution in [0.5, 0.6) is 0 Å². The van der Waals surface area contributed by atoms with Gasteiger partial charge in [0, 0.05) is 22.9 Å². The second-order valence-corrected chi connectivity index (χ2v) is 4.64. The highest BCUT2D eigenvalue weighted by molar-refractivity contribution is 5.81. The number of rotatable bonds is 4. The number of hydrogen-bond acceptors (Lipinski definition) is 2. The second kappa shape index (κ2) is 4.33. The molecular weight excluding hydrogens is 180 g/mol. The third-order valence-corrected chi connectivity index (χ3v) is 2.03. The van der Waals surface area contributed by atoms with Crippen molar-refractivity contribution in [3.05, 3.63) is 10.4 Å². The first-order valence-corrected chi connectivity index (χ1v) is 4.53. The molecule has 0 aromatic rings. The van der Waals surface area contributed by atoms with E-state index in [1.54, 1.807) is 7.05 Å². The maximum absolute atomic E-state index is 11.5. The van der Waals surface area contributed by atoms with Gasteiger partial charge in [-0.2, -0.15) is 0 Å². The quantitative estimate of drug-likeness (QED) is 0.419. The molecular formula is C9H18N4O. The molecule has 0 aliphatic heterocycles. The summed E-state index contributed by atoms with van der Waals surface area (Å²) in [4.78, 5) is 14.2. The minimum Gasteiger partial charge on any atom is -0.359 e. The van der Waals surface area contributed by atoms with Gasteiger partial charge in [-0.15, -0.1) is 0 Å². The van der Waals surface area contributed by atoms with E-state index in [-0.39, 0.29) is 5.91 Å². The zero-order valence-corrected chi connectivity index (χ0v) is 9.46. The Labute approximate surface area is 84.5 Å². The summed E-state index contributed by atoms with van der Waals surface area (Å²) in [5, 5.41) is 6.26. The van der Waals surface area contributed by atoms with Crippen LogP contribution in [0.3, 0.4) is 0 Å². The molecule has 1 amide bonds. The van der Waals surface area contributed by atoms with Gasteiger partial charge in [0.2, 0.25) is 5.91 Å². The molecule has 0 fully saturated rings. The van der Waals surface area contributed by atoms with Crippen molar-refractivity contribution in [1.82, 2.24) is 5.32 Å². The molecule has 0 aromatic heterocycles. The number of azide groups is 1. The van der Waals surface area contributed by atoms with Crippen LogP contribution in [-0.2, 0) is 4.79 Å². The van der Waals surface area contributed by atoms with Gasteiger partial charge in [0.1, 0.15) is 0 Å². The lowest BCUT2D eigenvalue weighted by Gasteiger charge is -2.30. The summed E-state index contributed by atoms with van der Waals surface area (Å²) in [5.41, 5.74) is 7.29. The number of carbonyl (C=O) groups excluding carboxylic acids is 1. The second-order valence-electron chi connectivity index (χ2n) is 4.64. The summed E-state index contributed by atoms with van der Waals surface area (Å²) >= 11 is 0. The van der Waals surface area contributed by atoms with Crippen molar-refractivity contribution in [3.63, 3.8) is 0 Å². The molecule has 0 saturated heterocycles. The Morgan fingerprint density at radius 3 is 2.29 bits per heavy atom. The van der Waals surface area contributed by atoms with Crippen LogP contribution in [-0.4, -0.2) is 18.5 Å². The predicted octanol–water partition coefficient (Wildman–Crippen LogP) is 2.24. The molecule has 80 valence electrons. The molecule has 0 aliphatic carbocycles. The number of amides is 1. The Hall–Kier alpha value is -1.22. The Bertz CT molecular complexity index is 264. The van der Waals surface area contributed by atoms with Crippen LogP contribution in [0.4, 0.5) is 0 Å². The average molecular weight is 198 g/mol. The third-order valence-electron chi connectivity index (χ3n) is 2.03. The highest BCUT2D eigenvalue weighted by Crippen LogP contribution is 2.30. The Morgan fingerprint density at radius 1 is 1.43 bits per heavy atom. The normalized spacial score (nSPS) is 11.8. The fraction of sp³-hybridized carbons (Fsp3) is 0.889. The molecule has 0 unspecified atom stereocenters. The number of nitrogens with one attached hydrogen (secondary N) is 1. The van der Waals surface area contributed by atoms with Crippen LogP contribution in [0, 0.1) is 5.41 Å². The topological polar surface area (TPSA) is 77.9 Å². The molecule has 14 heavy (non-hydrogen) atoms. The summed E-state index contributed by atoms with van der Waals surface area (Å²) < 4.78 is 0. The first-order chi connectivity index (χ1) is 6.25. The summed E-state index contributed by atoms with van der Waals surface area (Å²) in [7, 11) is 1.60. The summed E-state index contributed by atoms with van der Waals surface area (Å²) in [6.07, 6.45) is 0.518. The molecule has 0 bridgehead atoms. The van der Waals surface area contributed by atoms with Gasteiger partial charge in [-0.25, -0.2) is 0 Å². The lowest BCUT2D eigenvalue weighted by Crippen LogP contribution is -2.39. The van der Waals surface area contributed by atoms with Crippen molar-refractivity contribution < 1.29 is 4.79 Å². The van der Waals surface area contributed by atoms with E-state index in [0.29, 0.717) is 6.42 Å². The molecule has 0 rings (SSSR count). The van der Waals surface area contributed by atoms with Crippen molar-refractivity contribution in [1.29, 1.82) is 0 Å². The van der Waals surface area contributed by atoms with Gasteiger partial charge >= 0.3 is 0 Å². The molecule has 0 radical (unpaired) electrons. The maximum atomic E-state index is 11.5. The SMILES string of the molecule is CNC(=O)C(C)(C)CC(C)(C)N=[N+]=[N-]. The monoisotopic (exact) mass is 198 g/mol. The van der Waals surface area contributed by atoms with E-state index in [1.807, 2.05) is 27.7 Å². The van der Waals surface area contributed by atoms with E-state index in [2.05, 4.69) is 15.3 Å². The smallest absolute Gasteiger partial charge is 0.225 e. The summed E-state index contributed by atoms with van der Waals surface area (Å²) in [6, 6.07) is 0. The molecule has 0 spiro atoms. The standard InChI is InChI=1S/C9H18N4O/c1-8(2,7(14)11-5)6-9(3,4)12-13-10/h6H2,1-5H3,(H,11,14). The van der Waals surface area contributed by atoms with Crippen molar-refractivity contribution in [2.24, 2.45) is 10.5 Å². The fourth-order valence-electron chi connectivity index (χ4n) is 1.66. The van der Waals surface area contributed by atoms with Crippen LogP contribution < -0.4 is 5.32 Å². The van der Waals surface area contributed by atoms with E-state index >= 15 is 0 Å². The molecule has 1 N–H and O–H groups in total. The zero-order chi connectivity index (χ0) is 11.4. The molecule has 0 aliphatic rings. The Kier molecular flexibility index (Phi) is 3.95. The van der Waals surface area contributed by atoms with E-state index in [4.69, 9.17) is 5.53 Å². The molecule has 0 aromatic carbocycles. The average Bonchev–Trinajstić information content (AvgIpc) is 2.00. The van der Waals surface area contributed by atoms with Crippen LogP contribution in [0.15, 0.2) is 5.11 Å². The fourth-order valence-corrected chi connectivity index (χ4v) is 1.66. The van der Waals surface area contributed by atoms with Gasteiger partial charge in [0.25, 0.3) is 0 Å². The van der Waals surface area contributed by atoms with Gasteiger partial charge in [-0.1, -0.05) is 32.8 Å². The zero-order valence-electron chi connectivity index (χ0n) is 9.46. The molecule has 0 saturated carbocycles. The minimum atomic E-state index is -0.537. The Balaban J connectivity index is 4.65. The van der Waals surface area contributed by atoms with Crippen molar-refractivity contribution in [2.75, 3.05) is 7.05 Å². The molecule has 5 nitrogen and oxygen atoms in total. The Morgan fingerprint density at radius 2 is 1.93 bits per heavy atom. The van der Waals surface area contributed by atoms with Crippen molar-refractivity contribution in [2.45, 2.75) is 39.7 Å². The minimum absolute atomic E-state index is 0.0429. The molecule has 5 heteroatoms. The van der Waals surface area contributed by atoms with E-state index in [9.17, 15) is 4.79 Å². The lowest BCUT2D eigenvalue weighted by atomic mass is 9.80. The van der Waals surface area contributed by atoms with Crippen LogP contribution in [0.25, 0.3) is 10.4 Å². The first-order valence-electron chi connectivity index (χ1n) is 4.53. The first kappa shape index (κ1) is 12.8. The van der Waals surface area contributed by atoms with Crippen molar-refractivity contribution in [3.8, 4) is 0 Å². The number of nitrogens with zero attached hydrogens (tertiary/aromatic N) is 3. The van der Waals surface area contributed by atoms with Gasteiger partial charge in [0.05, 0.1) is 0 Å². The molecule has 0 atom stereocenters. The number of carbonyl (C=O) groups is 1. The summed E-state index contributed by atoms with van der Waals surface area (Å²) in [5.74, 6) is -0.0429. The van der Waals surface area contributed by atoms with Crippen molar-refractivity contribution >= 4 is 5.91 Å². The van der Waals surface area contributed by atoms with Crippen LogP contribution in [0.1, 0.15) is 34.1 Å². The lowest BCUT2D eigenvalue weighted by molar-refractivity contribution is -0.129. The third kappa shape index (κ3) is 3.66. The molecule has 0 heterocycles.